The Morgan fingerprint density at radius 2 is 1.70 bits per heavy atom. The van der Waals surface area contributed by atoms with E-state index >= 15 is 4.79 Å². The number of hydrogen-bond donors (Lipinski definition) is 3. The highest BCUT2D eigenvalue weighted by Gasteiger charge is 2.74. The normalized spacial score (nSPS) is 35.3. The first-order chi connectivity index (χ1) is 25.2. The Kier molecular flexibility index (Phi) is 8.71. The quantitative estimate of drug-likeness (QED) is 0.151. The van der Waals surface area contributed by atoms with Gasteiger partial charge in [0.05, 0.1) is 43.9 Å². The number of nitrogens with zero attached hydrogens (tertiary/aromatic N) is 1. The number of carbonyl (C=O) groups is 2. The van der Waals surface area contributed by atoms with Gasteiger partial charge in [-0.3, -0.25) is 4.79 Å². The molecule has 0 radical (unpaired) electrons. The summed E-state index contributed by atoms with van der Waals surface area (Å²) >= 11 is 1.55. The number of rotatable bonds is 9. The average Bonchev–Trinajstić information content (AvgIpc) is 3.69. The van der Waals surface area contributed by atoms with E-state index in [4.69, 9.17) is 9.47 Å². The van der Waals surface area contributed by atoms with Gasteiger partial charge in [0.2, 0.25) is 0 Å². The van der Waals surface area contributed by atoms with Crippen LogP contribution in [0, 0.1) is 33.5 Å². The summed E-state index contributed by atoms with van der Waals surface area (Å²) in [5, 5.41) is 28.4. The number of amides is 2. The number of Topliss-reactive ketones (excluding diaryl/α,β-unsaturated/α-hetero) is 1. The number of urea groups is 1. The minimum Gasteiger partial charge on any atom is -0.497 e. The Hall–Kier alpha value is -3.66. The molecule has 8 atom stereocenters. The van der Waals surface area contributed by atoms with E-state index in [1.165, 1.54) is 0 Å². The number of fused-ring (bicyclic) bond motifs is 2. The minimum atomic E-state index is -1.21. The van der Waals surface area contributed by atoms with Crippen molar-refractivity contribution >= 4 is 33.2 Å². The number of hydrogen-bond acceptors (Lipinski definition) is 7. The Balaban J connectivity index is 1.20. The standard InChI is InChI=1S/C44H54N2O6S/c1-27(2)45-39(49)46(25-29-11-12-31(51-5)22-33(29)52-6)26-43(50)18-15-37-41(43,4)17-14-36-40(3)16-13-30(47)23-42(40)19-20-44(36,37)32(24-42)38(48)35-21-28-9-7-8-10-34(28)53-35/h7-12,19-22,24,27,30,36-37,47,50H,13-18,23,25-26H2,1-6H3,(H,45,49)/t30?,36-,37-,40-,41+,42+,43-,44-/m1/s1. The number of methoxy groups -OCH3 is 2. The fourth-order valence-electron chi connectivity index (χ4n) is 11.9. The summed E-state index contributed by atoms with van der Waals surface area (Å²) in [4.78, 5) is 31.6. The molecule has 2 amide bonds. The molecule has 1 heterocycles. The summed E-state index contributed by atoms with van der Waals surface area (Å²) in [7, 11) is 3.22. The third-order valence-electron chi connectivity index (χ3n) is 14.6. The number of nitrogens with one attached hydrogen (secondary N) is 1. The second-order valence-corrected chi connectivity index (χ2v) is 18.5. The molecule has 9 rings (SSSR count). The van der Waals surface area contributed by atoms with E-state index in [2.05, 4.69) is 49.5 Å². The van der Waals surface area contributed by atoms with Gasteiger partial charge in [0, 0.05) is 44.2 Å². The van der Waals surface area contributed by atoms with E-state index in [1.807, 2.05) is 50.2 Å². The van der Waals surface area contributed by atoms with Crippen molar-refractivity contribution in [3.63, 3.8) is 0 Å². The zero-order chi connectivity index (χ0) is 37.6. The summed E-state index contributed by atoms with van der Waals surface area (Å²) in [5.41, 5.74) is -1.22. The number of thiophene rings is 1. The van der Waals surface area contributed by atoms with Gasteiger partial charge in [-0.05, 0) is 106 Å². The van der Waals surface area contributed by atoms with E-state index in [0.29, 0.717) is 24.3 Å². The maximum Gasteiger partial charge on any atom is 0.317 e. The third kappa shape index (κ3) is 5.27. The molecular weight excluding hydrogens is 685 g/mol. The highest BCUT2D eigenvalue weighted by Crippen LogP contribution is 2.78. The van der Waals surface area contributed by atoms with Crippen LogP contribution in [0.4, 0.5) is 4.79 Å². The zero-order valence-corrected chi connectivity index (χ0v) is 32.7. The molecule has 3 saturated carbocycles. The lowest BCUT2D eigenvalue weighted by Crippen LogP contribution is -2.67. The van der Waals surface area contributed by atoms with Crippen LogP contribution < -0.4 is 14.8 Å². The Morgan fingerprint density at radius 1 is 0.962 bits per heavy atom. The van der Waals surface area contributed by atoms with Gasteiger partial charge in [-0.15, -0.1) is 11.3 Å². The van der Waals surface area contributed by atoms with Crippen molar-refractivity contribution in [2.24, 2.45) is 33.5 Å². The SMILES string of the molecule is COc1ccc(CN(C[C@]2(O)CC[C@H]3[C@]45C=C[C@@]6(C=C4C(=O)c4cc7ccccc7s4)CC(O)CC[C@]6(C)[C@H]5CC[C@@]32C)C(=O)NC(C)C)c(OC)c1. The molecule has 2 aromatic carbocycles. The van der Waals surface area contributed by atoms with Crippen molar-refractivity contribution in [2.45, 2.75) is 96.9 Å². The number of ether oxygens (including phenoxy) is 2. The van der Waals surface area contributed by atoms with Crippen molar-refractivity contribution in [3.05, 3.63) is 82.8 Å². The maximum absolute atomic E-state index is 15.1. The molecule has 9 heteroatoms. The molecule has 2 spiro atoms. The topological polar surface area (TPSA) is 108 Å². The van der Waals surface area contributed by atoms with Crippen LogP contribution in [-0.4, -0.2) is 65.4 Å². The van der Waals surface area contributed by atoms with Crippen molar-refractivity contribution in [3.8, 4) is 11.5 Å². The molecule has 2 bridgehead atoms. The number of benzene rings is 2. The van der Waals surface area contributed by atoms with Gasteiger partial charge >= 0.3 is 6.03 Å². The number of ketones is 1. The monoisotopic (exact) mass is 738 g/mol. The molecule has 3 N–H and O–H groups in total. The predicted octanol–water partition coefficient (Wildman–Crippen LogP) is 8.31. The van der Waals surface area contributed by atoms with Crippen LogP contribution in [0.1, 0.15) is 87.9 Å². The molecule has 0 saturated heterocycles. The van der Waals surface area contributed by atoms with E-state index in [0.717, 1.165) is 58.2 Å². The van der Waals surface area contributed by atoms with Gasteiger partial charge in [-0.1, -0.05) is 50.3 Å². The van der Waals surface area contributed by atoms with Gasteiger partial charge in [0.1, 0.15) is 11.5 Å². The van der Waals surface area contributed by atoms with Crippen LogP contribution in [0.2, 0.25) is 0 Å². The lowest BCUT2D eigenvalue weighted by Gasteiger charge is -2.71. The van der Waals surface area contributed by atoms with Gasteiger partial charge in [-0.25, -0.2) is 4.79 Å². The largest absolute Gasteiger partial charge is 0.497 e. The minimum absolute atomic E-state index is 0.0212. The van der Waals surface area contributed by atoms with E-state index in [9.17, 15) is 15.0 Å². The molecule has 3 fully saturated rings. The third-order valence-corrected chi connectivity index (χ3v) is 15.7. The van der Waals surface area contributed by atoms with E-state index < -0.39 is 27.9 Å². The molecule has 282 valence electrons. The van der Waals surface area contributed by atoms with Crippen molar-refractivity contribution in [1.82, 2.24) is 10.2 Å². The van der Waals surface area contributed by atoms with Crippen molar-refractivity contribution in [2.75, 3.05) is 20.8 Å². The van der Waals surface area contributed by atoms with Crippen molar-refractivity contribution in [1.29, 1.82) is 0 Å². The average molecular weight is 739 g/mol. The van der Waals surface area contributed by atoms with E-state index in [-0.39, 0.29) is 48.2 Å². The van der Waals surface area contributed by atoms with Gasteiger partial charge in [0.25, 0.3) is 0 Å². The van der Waals surface area contributed by atoms with Gasteiger partial charge in [-0.2, -0.15) is 0 Å². The molecule has 6 aliphatic rings. The molecule has 6 aliphatic carbocycles. The summed E-state index contributed by atoms with van der Waals surface area (Å²) in [6.07, 6.45) is 11.7. The summed E-state index contributed by atoms with van der Waals surface area (Å²) in [6, 6.07) is 15.5. The molecule has 0 aliphatic heterocycles. The first-order valence-electron chi connectivity index (χ1n) is 19.4. The number of carbonyl (C=O) groups excluding carboxylic acids is 2. The number of aliphatic hydroxyl groups is 2. The Bertz CT molecular complexity index is 1990. The number of allylic oxidation sites excluding steroid dienone is 4. The lowest BCUT2D eigenvalue weighted by molar-refractivity contribution is -0.174. The molecule has 1 aromatic heterocycles. The molecule has 53 heavy (non-hydrogen) atoms. The maximum atomic E-state index is 15.1. The van der Waals surface area contributed by atoms with Crippen molar-refractivity contribution < 1.29 is 29.3 Å². The van der Waals surface area contributed by atoms with Gasteiger partial charge < -0.3 is 29.9 Å². The van der Waals surface area contributed by atoms with Crippen LogP contribution in [-0.2, 0) is 6.54 Å². The van der Waals surface area contributed by atoms with Gasteiger partial charge in [0.15, 0.2) is 5.78 Å². The first-order valence-corrected chi connectivity index (χ1v) is 20.2. The van der Waals surface area contributed by atoms with Crippen LogP contribution in [0.25, 0.3) is 10.1 Å². The van der Waals surface area contributed by atoms with Crippen LogP contribution in [0.3, 0.4) is 0 Å². The lowest BCUT2D eigenvalue weighted by atomic mass is 9.32. The summed E-state index contributed by atoms with van der Waals surface area (Å²) < 4.78 is 12.3. The van der Waals surface area contributed by atoms with Crippen LogP contribution in [0.5, 0.6) is 11.5 Å². The highest BCUT2D eigenvalue weighted by molar-refractivity contribution is 7.21. The molecule has 3 aromatic rings. The zero-order valence-electron chi connectivity index (χ0n) is 31.9. The summed E-state index contributed by atoms with van der Waals surface area (Å²) in [6.45, 7) is 8.91. The summed E-state index contributed by atoms with van der Waals surface area (Å²) in [5.74, 6) is 1.53. The second-order valence-electron chi connectivity index (χ2n) is 17.4. The molecule has 8 nitrogen and oxygen atoms in total. The number of aliphatic hydroxyl groups excluding tert-OH is 1. The smallest absolute Gasteiger partial charge is 0.317 e. The Labute approximate surface area is 317 Å². The van der Waals surface area contributed by atoms with E-state index in [1.54, 1.807) is 30.5 Å². The fraction of sp³-hybridized carbons (Fsp3) is 0.545. The Morgan fingerprint density at radius 3 is 2.43 bits per heavy atom. The second kappa shape index (κ2) is 12.7. The molecule has 1 unspecified atom stereocenters. The highest BCUT2D eigenvalue weighted by atomic mass is 32.1. The van der Waals surface area contributed by atoms with Crippen LogP contribution >= 0.6 is 11.3 Å². The molecular formula is C44H54N2O6S. The first kappa shape index (κ1) is 36.3. The van der Waals surface area contributed by atoms with Crippen LogP contribution in [0.15, 0.2) is 72.3 Å². The fourth-order valence-corrected chi connectivity index (χ4v) is 12.9. The predicted molar refractivity (Wildman–Crippen MR) is 208 cm³/mol.